The minimum atomic E-state index is -0.681. The maximum Gasteiger partial charge on any atom is 0.240 e. The van der Waals surface area contributed by atoms with E-state index in [2.05, 4.69) is 10.1 Å². The topological polar surface area (TPSA) is 82.6 Å². The number of hydrogen-bond donors (Lipinski definition) is 2. The quantitative estimate of drug-likeness (QED) is 0.752. The molecule has 0 saturated carbocycles. The number of hydrogen-bond acceptors (Lipinski definition) is 6. The van der Waals surface area contributed by atoms with Crippen LogP contribution in [0.3, 0.4) is 0 Å². The van der Waals surface area contributed by atoms with E-state index >= 15 is 0 Å². The molecular formula is C11H19N3O3. The molecule has 0 aromatic carbocycles. The number of β-amino-alcohol motifs (C(OH)–C–C–N with tert-alkyl or cyclic N) is 2. The molecule has 2 heterocycles. The minimum absolute atomic E-state index is 0.133. The second-order valence-corrected chi connectivity index (χ2v) is 5.59. The van der Waals surface area contributed by atoms with Crippen LogP contribution in [0.25, 0.3) is 0 Å². The van der Waals surface area contributed by atoms with Crippen molar-refractivity contribution in [3.8, 4) is 0 Å². The molecule has 0 bridgehead atoms. The molecule has 0 spiro atoms. The summed E-state index contributed by atoms with van der Waals surface area (Å²) in [4.78, 5) is 6.21. The smallest absolute Gasteiger partial charge is 0.240 e. The normalized spacial score (nSPS) is 26.6. The molecule has 2 N–H and O–H groups in total. The predicted molar refractivity (Wildman–Crippen MR) is 60.3 cm³/mol. The summed E-state index contributed by atoms with van der Waals surface area (Å²) in [6.45, 7) is 7.40. The van der Waals surface area contributed by atoms with Crippen LogP contribution in [0.15, 0.2) is 4.52 Å². The maximum absolute atomic E-state index is 9.42. The molecule has 6 heteroatoms. The summed E-state index contributed by atoms with van der Waals surface area (Å²) >= 11 is 0. The van der Waals surface area contributed by atoms with E-state index in [-0.39, 0.29) is 5.41 Å². The second-order valence-electron chi connectivity index (χ2n) is 5.59. The monoisotopic (exact) mass is 241 g/mol. The molecule has 17 heavy (non-hydrogen) atoms. The van der Waals surface area contributed by atoms with E-state index in [9.17, 15) is 10.2 Å². The summed E-state index contributed by atoms with van der Waals surface area (Å²) in [6.07, 6.45) is -1.36. The molecule has 1 saturated heterocycles. The Morgan fingerprint density at radius 3 is 2.35 bits per heavy atom. The molecule has 1 aliphatic heterocycles. The van der Waals surface area contributed by atoms with Crippen LogP contribution in [-0.2, 0) is 12.0 Å². The van der Waals surface area contributed by atoms with Crippen LogP contribution in [0.2, 0.25) is 0 Å². The van der Waals surface area contributed by atoms with Gasteiger partial charge in [0.25, 0.3) is 0 Å². The van der Waals surface area contributed by atoms with Gasteiger partial charge in [-0.3, -0.25) is 4.90 Å². The van der Waals surface area contributed by atoms with Gasteiger partial charge in [-0.1, -0.05) is 25.9 Å². The Hall–Kier alpha value is -0.980. The Balaban J connectivity index is 1.98. The first-order valence-corrected chi connectivity index (χ1v) is 5.78. The van der Waals surface area contributed by atoms with E-state index in [0.29, 0.717) is 31.3 Å². The van der Waals surface area contributed by atoms with Crippen molar-refractivity contribution in [2.45, 2.75) is 44.9 Å². The van der Waals surface area contributed by atoms with Gasteiger partial charge in [-0.05, 0) is 0 Å². The van der Waals surface area contributed by atoms with Crippen LogP contribution in [0, 0.1) is 0 Å². The van der Waals surface area contributed by atoms with E-state index in [4.69, 9.17) is 4.52 Å². The fraction of sp³-hybridized carbons (Fsp3) is 0.818. The number of aliphatic hydroxyl groups is 2. The maximum atomic E-state index is 9.42. The predicted octanol–water partition coefficient (Wildman–Crippen LogP) is -0.0955. The largest absolute Gasteiger partial charge is 0.389 e. The first-order valence-electron chi connectivity index (χ1n) is 5.78. The SMILES string of the molecule is CC(C)(C)c1noc(CN2C[C@@H](O)[C@@H](O)C2)n1. The van der Waals surface area contributed by atoms with E-state index in [0.717, 1.165) is 0 Å². The van der Waals surface area contributed by atoms with Crippen molar-refractivity contribution in [1.82, 2.24) is 15.0 Å². The Labute approximate surface area is 100 Å². The van der Waals surface area contributed by atoms with Crippen LogP contribution in [0.1, 0.15) is 32.5 Å². The summed E-state index contributed by atoms with van der Waals surface area (Å²) in [5.74, 6) is 1.20. The van der Waals surface area contributed by atoms with Gasteiger partial charge in [0.15, 0.2) is 5.82 Å². The van der Waals surface area contributed by atoms with Crippen molar-refractivity contribution in [2.75, 3.05) is 13.1 Å². The molecule has 0 unspecified atom stereocenters. The molecule has 0 radical (unpaired) electrons. The van der Waals surface area contributed by atoms with E-state index in [1.165, 1.54) is 0 Å². The van der Waals surface area contributed by atoms with Gasteiger partial charge in [0.05, 0.1) is 18.8 Å². The first kappa shape index (κ1) is 12.5. The average Bonchev–Trinajstić information content (AvgIpc) is 2.75. The molecule has 0 aliphatic carbocycles. The van der Waals surface area contributed by atoms with Gasteiger partial charge in [0, 0.05) is 18.5 Å². The summed E-state index contributed by atoms with van der Waals surface area (Å²) in [6, 6.07) is 0. The number of likely N-dealkylation sites (tertiary alicyclic amines) is 1. The molecular weight excluding hydrogens is 222 g/mol. The third-order valence-electron chi connectivity index (χ3n) is 2.83. The van der Waals surface area contributed by atoms with Gasteiger partial charge in [-0.2, -0.15) is 4.98 Å². The number of aliphatic hydroxyl groups excluding tert-OH is 2. The van der Waals surface area contributed by atoms with Crippen LogP contribution >= 0.6 is 0 Å². The molecule has 1 aromatic rings. The van der Waals surface area contributed by atoms with Crippen molar-refractivity contribution in [2.24, 2.45) is 0 Å². The zero-order valence-corrected chi connectivity index (χ0v) is 10.4. The molecule has 0 amide bonds. The Kier molecular flexibility index (Phi) is 3.20. The van der Waals surface area contributed by atoms with Crippen molar-refractivity contribution in [1.29, 1.82) is 0 Å². The van der Waals surface area contributed by atoms with Crippen molar-refractivity contribution in [3.63, 3.8) is 0 Å². The standard InChI is InChI=1S/C11H19N3O3/c1-11(2,3)10-12-9(17-13-10)6-14-4-7(15)8(16)5-14/h7-8,15-16H,4-6H2,1-3H3/t7-,8+. The van der Waals surface area contributed by atoms with Crippen LogP contribution < -0.4 is 0 Å². The molecule has 2 rings (SSSR count). The summed E-state index contributed by atoms with van der Waals surface area (Å²) in [7, 11) is 0. The summed E-state index contributed by atoms with van der Waals surface area (Å²) in [5.41, 5.74) is -0.133. The second kappa shape index (κ2) is 4.36. The zero-order chi connectivity index (χ0) is 12.6. The molecule has 1 aromatic heterocycles. The van der Waals surface area contributed by atoms with Crippen LogP contribution in [-0.4, -0.2) is 50.6 Å². The Morgan fingerprint density at radius 2 is 1.88 bits per heavy atom. The van der Waals surface area contributed by atoms with Gasteiger partial charge in [-0.15, -0.1) is 0 Å². The highest BCUT2D eigenvalue weighted by atomic mass is 16.5. The lowest BCUT2D eigenvalue weighted by Crippen LogP contribution is -2.22. The Morgan fingerprint density at radius 1 is 1.29 bits per heavy atom. The average molecular weight is 241 g/mol. The van der Waals surface area contributed by atoms with Crippen LogP contribution in [0.5, 0.6) is 0 Å². The van der Waals surface area contributed by atoms with Gasteiger partial charge in [-0.25, -0.2) is 0 Å². The lowest BCUT2D eigenvalue weighted by molar-refractivity contribution is 0.0572. The first-order chi connectivity index (χ1) is 7.86. The van der Waals surface area contributed by atoms with Crippen molar-refractivity contribution >= 4 is 0 Å². The third kappa shape index (κ3) is 2.83. The molecule has 96 valence electrons. The van der Waals surface area contributed by atoms with Crippen molar-refractivity contribution in [3.05, 3.63) is 11.7 Å². The fourth-order valence-electron chi connectivity index (χ4n) is 1.79. The van der Waals surface area contributed by atoms with E-state index in [1.807, 2.05) is 25.7 Å². The van der Waals surface area contributed by atoms with Crippen LogP contribution in [0.4, 0.5) is 0 Å². The fourth-order valence-corrected chi connectivity index (χ4v) is 1.79. The highest BCUT2D eigenvalue weighted by Crippen LogP contribution is 2.19. The number of nitrogens with zero attached hydrogens (tertiary/aromatic N) is 3. The van der Waals surface area contributed by atoms with E-state index < -0.39 is 12.2 Å². The molecule has 1 fully saturated rings. The van der Waals surface area contributed by atoms with Crippen molar-refractivity contribution < 1.29 is 14.7 Å². The minimum Gasteiger partial charge on any atom is -0.389 e. The Bertz CT molecular complexity index is 376. The number of aromatic nitrogens is 2. The third-order valence-corrected chi connectivity index (χ3v) is 2.83. The van der Waals surface area contributed by atoms with Gasteiger partial charge in [0.1, 0.15) is 0 Å². The summed E-state index contributed by atoms with van der Waals surface area (Å²) in [5, 5.41) is 22.8. The molecule has 6 nitrogen and oxygen atoms in total. The zero-order valence-electron chi connectivity index (χ0n) is 10.4. The molecule has 1 aliphatic rings. The van der Waals surface area contributed by atoms with Gasteiger partial charge >= 0.3 is 0 Å². The highest BCUT2D eigenvalue weighted by molar-refractivity contribution is 5.00. The lowest BCUT2D eigenvalue weighted by Gasteiger charge is -2.12. The van der Waals surface area contributed by atoms with Gasteiger partial charge < -0.3 is 14.7 Å². The van der Waals surface area contributed by atoms with E-state index in [1.54, 1.807) is 0 Å². The lowest BCUT2D eigenvalue weighted by atomic mass is 9.96. The van der Waals surface area contributed by atoms with Gasteiger partial charge in [0.2, 0.25) is 5.89 Å². The highest BCUT2D eigenvalue weighted by Gasteiger charge is 2.31. The molecule has 2 atom stereocenters. The summed E-state index contributed by atoms with van der Waals surface area (Å²) < 4.78 is 5.16. The number of rotatable bonds is 2.